The first kappa shape index (κ1) is 14.2. The Labute approximate surface area is 119 Å². The number of hydrogen-bond acceptors (Lipinski definition) is 2. The Morgan fingerprint density at radius 3 is 2.79 bits per heavy atom. The molecule has 0 aromatic heterocycles. The number of likely N-dealkylation sites (tertiary alicyclic amines) is 1. The fourth-order valence-electron chi connectivity index (χ4n) is 2.33. The van der Waals surface area contributed by atoms with Gasteiger partial charge in [-0.2, -0.15) is 0 Å². The molecule has 2 rings (SSSR count). The van der Waals surface area contributed by atoms with Crippen molar-refractivity contribution in [3.63, 3.8) is 0 Å². The van der Waals surface area contributed by atoms with Crippen molar-refractivity contribution in [1.82, 2.24) is 4.90 Å². The molecule has 1 amide bonds. The van der Waals surface area contributed by atoms with Crippen LogP contribution in [-0.2, 0) is 4.79 Å². The second kappa shape index (κ2) is 6.80. The number of nitrogens with zero attached hydrogens (tertiary/aromatic N) is 1. The summed E-state index contributed by atoms with van der Waals surface area (Å²) in [5, 5.41) is 0.688. The number of benzene rings is 1. The van der Waals surface area contributed by atoms with Gasteiger partial charge in [-0.1, -0.05) is 24.6 Å². The largest absolute Gasteiger partial charge is 0.490 e. The lowest BCUT2D eigenvalue weighted by Gasteiger charge is -2.32. The zero-order valence-corrected chi connectivity index (χ0v) is 12.0. The fraction of sp³-hybridized carbons (Fsp3) is 0.533. The molecule has 19 heavy (non-hydrogen) atoms. The first-order valence-corrected chi connectivity index (χ1v) is 7.27. The van der Waals surface area contributed by atoms with Crippen LogP contribution in [0.25, 0.3) is 0 Å². The minimum atomic E-state index is 0.184. The molecular weight excluding hydrogens is 262 g/mol. The van der Waals surface area contributed by atoms with E-state index in [1.165, 1.54) is 0 Å². The summed E-state index contributed by atoms with van der Waals surface area (Å²) in [5.41, 5.74) is 0. The zero-order chi connectivity index (χ0) is 13.7. The van der Waals surface area contributed by atoms with Gasteiger partial charge in [-0.15, -0.1) is 0 Å². The Morgan fingerprint density at radius 2 is 2.16 bits per heavy atom. The van der Waals surface area contributed by atoms with Crippen LogP contribution < -0.4 is 4.74 Å². The van der Waals surface area contributed by atoms with Crippen molar-refractivity contribution in [2.45, 2.75) is 38.7 Å². The van der Waals surface area contributed by atoms with Crippen molar-refractivity contribution in [2.24, 2.45) is 0 Å². The van der Waals surface area contributed by atoms with E-state index < -0.39 is 0 Å². The van der Waals surface area contributed by atoms with Crippen molar-refractivity contribution in [3.05, 3.63) is 29.3 Å². The number of halogens is 1. The van der Waals surface area contributed by atoms with E-state index in [2.05, 4.69) is 0 Å². The lowest BCUT2D eigenvalue weighted by atomic mass is 10.1. The summed E-state index contributed by atoms with van der Waals surface area (Å²) in [7, 11) is 0. The van der Waals surface area contributed by atoms with E-state index in [-0.39, 0.29) is 12.0 Å². The Bertz CT molecular complexity index is 428. The van der Waals surface area contributed by atoms with Gasteiger partial charge in [0.15, 0.2) is 0 Å². The van der Waals surface area contributed by atoms with Crippen LogP contribution in [0.3, 0.4) is 0 Å². The van der Waals surface area contributed by atoms with Gasteiger partial charge in [0.2, 0.25) is 5.91 Å². The van der Waals surface area contributed by atoms with Gasteiger partial charge >= 0.3 is 0 Å². The number of piperidine rings is 1. The molecular formula is C15H20ClNO2. The standard InChI is InChI=1S/C15H20ClNO2/c1-2-4-15(18)17-9-7-13(8-10-17)19-14-6-3-5-12(16)11-14/h3,5-6,11,13H,2,4,7-10H2,1H3. The van der Waals surface area contributed by atoms with Crippen molar-refractivity contribution < 1.29 is 9.53 Å². The highest BCUT2D eigenvalue weighted by Crippen LogP contribution is 2.22. The van der Waals surface area contributed by atoms with Crippen molar-refractivity contribution >= 4 is 17.5 Å². The summed E-state index contributed by atoms with van der Waals surface area (Å²) >= 11 is 5.93. The molecule has 0 unspecified atom stereocenters. The van der Waals surface area contributed by atoms with E-state index in [0.717, 1.165) is 38.1 Å². The van der Waals surface area contributed by atoms with Crippen LogP contribution in [0.2, 0.25) is 5.02 Å². The SMILES string of the molecule is CCCC(=O)N1CCC(Oc2cccc(Cl)c2)CC1. The maximum atomic E-state index is 11.8. The molecule has 1 saturated heterocycles. The summed E-state index contributed by atoms with van der Waals surface area (Å²) in [6.07, 6.45) is 3.53. The van der Waals surface area contributed by atoms with Gasteiger partial charge in [0.1, 0.15) is 11.9 Å². The molecule has 0 N–H and O–H groups in total. The minimum absolute atomic E-state index is 0.184. The third-order valence-corrected chi connectivity index (χ3v) is 3.59. The number of hydrogen-bond donors (Lipinski definition) is 0. The van der Waals surface area contributed by atoms with Crippen LogP contribution in [0.5, 0.6) is 5.75 Å². The number of carbonyl (C=O) groups excluding carboxylic acids is 1. The van der Waals surface area contributed by atoms with Gasteiger partial charge in [0, 0.05) is 37.4 Å². The normalized spacial score (nSPS) is 16.4. The van der Waals surface area contributed by atoms with Crippen LogP contribution in [0, 0.1) is 0 Å². The predicted octanol–water partition coefficient (Wildman–Crippen LogP) is 3.51. The number of amides is 1. The summed E-state index contributed by atoms with van der Waals surface area (Å²) in [4.78, 5) is 13.7. The molecule has 0 spiro atoms. The lowest BCUT2D eigenvalue weighted by Crippen LogP contribution is -2.41. The summed E-state index contributed by atoms with van der Waals surface area (Å²) < 4.78 is 5.90. The van der Waals surface area contributed by atoms with E-state index in [0.29, 0.717) is 11.4 Å². The zero-order valence-electron chi connectivity index (χ0n) is 11.3. The summed E-state index contributed by atoms with van der Waals surface area (Å²) in [5.74, 6) is 1.08. The van der Waals surface area contributed by atoms with E-state index in [1.54, 1.807) is 0 Å². The van der Waals surface area contributed by atoms with Crippen LogP contribution >= 0.6 is 11.6 Å². The molecule has 3 nitrogen and oxygen atoms in total. The molecule has 0 saturated carbocycles. The second-order valence-corrected chi connectivity index (χ2v) is 5.34. The fourth-order valence-corrected chi connectivity index (χ4v) is 2.51. The van der Waals surface area contributed by atoms with E-state index in [9.17, 15) is 4.79 Å². The third kappa shape index (κ3) is 4.13. The molecule has 0 atom stereocenters. The highest BCUT2D eigenvalue weighted by atomic mass is 35.5. The smallest absolute Gasteiger partial charge is 0.222 e. The molecule has 0 aliphatic carbocycles. The Hall–Kier alpha value is -1.22. The van der Waals surface area contributed by atoms with E-state index >= 15 is 0 Å². The monoisotopic (exact) mass is 281 g/mol. The molecule has 1 aromatic carbocycles. The third-order valence-electron chi connectivity index (χ3n) is 3.36. The molecule has 1 aliphatic heterocycles. The number of ether oxygens (including phenoxy) is 1. The van der Waals surface area contributed by atoms with Crippen molar-refractivity contribution in [1.29, 1.82) is 0 Å². The van der Waals surface area contributed by atoms with Crippen molar-refractivity contribution in [3.8, 4) is 5.75 Å². The van der Waals surface area contributed by atoms with Gasteiger partial charge < -0.3 is 9.64 Å². The Balaban J connectivity index is 1.82. The molecule has 1 fully saturated rings. The molecule has 0 bridgehead atoms. The van der Waals surface area contributed by atoms with Crippen molar-refractivity contribution in [2.75, 3.05) is 13.1 Å². The number of carbonyl (C=O) groups is 1. The molecule has 1 aliphatic rings. The van der Waals surface area contributed by atoms with E-state index in [1.807, 2.05) is 36.1 Å². The highest BCUT2D eigenvalue weighted by molar-refractivity contribution is 6.30. The Morgan fingerprint density at radius 1 is 1.42 bits per heavy atom. The molecule has 1 heterocycles. The predicted molar refractivity (Wildman–Crippen MR) is 76.6 cm³/mol. The summed E-state index contributed by atoms with van der Waals surface area (Å²) in [6, 6.07) is 7.47. The van der Waals surface area contributed by atoms with Crippen LogP contribution in [0.1, 0.15) is 32.6 Å². The maximum absolute atomic E-state index is 11.8. The summed E-state index contributed by atoms with van der Waals surface area (Å²) in [6.45, 7) is 3.63. The number of rotatable bonds is 4. The quantitative estimate of drug-likeness (QED) is 0.845. The molecule has 104 valence electrons. The van der Waals surface area contributed by atoms with Gasteiger partial charge in [0.25, 0.3) is 0 Å². The van der Waals surface area contributed by atoms with Gasteiger partial charge in [-0.25, -0.2) is 0 Å². The molecule has 0 radical (unpaired) electrons. The lowest BCUT2D eigenvalue weighted by molar-refractivity contribution is -0.133. The highest BCUT2D eigenvalue weighted by Gasteiger charge is 2.23. The first-order valence-electron chi connectivity index (χ1n) is 6.89. The maximum Gasteiger partial charge on any atom is 0.222 e. The topological polar surface area (TPSA) is 29.5 Å². The van der Waals surface area contributed by atoms with Crippen LogP contribution in [-0.4, -0.2) is 30.0 Å². The average molecular weight is 282 g/mol. The van der Waals surface area contributed by atoms with Gasteiger partial charge in [0.05, 0.1) is 0 Å². The van der Waals surface area contributed by atoms with Crippen LogP contribution in [0.15, 0.2) is 24.3 Å². The first-order chi connectivity index (χ1) is 9.19. The Kier molecular flexibility index (Phi) is 5.08. The van der Waals surface area contributed by atoms with Gasteiger partial charge in [-0.3, -0.25) is 4.79 Å². The second-order valence-electron chi connectivity index (χ2n) is 4.91. The van der Waals surface area contributed by atoms with Crippen LogP contribution in [0.4, 0.5) is 0 Å². The average Bonchev–Trinajstić information content (AvgIpc) is 2.40. The van der Waals surface area contributed by atoms with E-state index in [4.69, 9.17) is 16.3 Å². The molecule has 1 aromatic rings. The van der Waals surface area contributed by atoms with Gasteiger partial charge in [-0.05, 0) is 24.6 Å². The molecule has 4 heteroatoms. The minimum Gasteiger partial charge on any atom is -0.490 e.